The molecule has 2 aliphatic rings. The zero-order chi connectivity index (χ0) is 12.1. The van der Waals surface area contributed by atoms with Crippen molar-refractivity contribution in [3.8, 4) is 0 Å². The molecule has 0 aromatic rings. The minimum atomic E-state index is -0.204. The molecule has 0 aromatic heterocycles. The maximum atomic E-state index is 5.74. The minimum absolute atomic E-state index is 0.204. The normalized spacial score (nSPS) is 26.5. The summed E-state index contributed by atoms with van der Waals surface area (Å²) in [6.45, 7) is 5.00. The highest BCUT2D eigenvalue weighted by atomic mass is 32.2. The van der Waals surface area contributed by atoms with Crippen LogP contribution in [0.2, 0.25) is 0 Å². The molecule has 17 heavy (non-hydrogen) atoms. The van der Waals surface area contributed by atoms with Crippen LogP contribution in [0.1, 0.15) is 39.0 Å². The van der Waals surface area contributed by atoms with Crippen molar-refractivity contribution in [1.82, 2.24) is 5.32 Å². The molecule has 1 saturated carbocycles. The molecule has 1 unspecified atom stereocenters. The second-order valence-corrected chi connectivity index (χ2v) is 6.45. The number of thioether (sulfide) groups is 1. The summed E-state index contributed by atoms with van der Waals surface area (Å²) in [7, 11) is 0. The molecule has 0 radical (unpaired) electrons. The summed E-state index contributed by atoms with van der Waals surface area (Å²) >= 11 is 1.95. The van der Waals surface area contributed by atoms with Gasteiger partial charge in [-0.15, -0.1) is 0 Å². The van der Waals surface area contributed by atoms with Gasteiger partial charge in [-0.3, -0.25) is 0 Å². The number of hydrogen-bond acceptors (Lipinski definition) is 4. The van der Waals surface area contributed by atoms with Gasteiger partial charge in [-0.1, -0.05) is 6.92 Å². The smallest absolute Gasteiger partial charge is 0.168 e. The van der Waals surface area contributed by atoms with E-state index < -0.39 is 0 Å². The van der Waals surface area contributed by atoms with Crippen molar-refractivity contribution in [2.45, 2.75) is 56.1 Å². The highest BCUT2D eigenvalue weighted by molar-refractivity contribution is 7.99. The van der Waals surface area contributed by atoms with Crippen LogP contribution in [0, 0.1) is 0 Å². The Morgan fingerprint density at radius 1 is 1.29 bits per heavy atom. The highest BCUT2D eigenvalue weighted by Gasteiger charge is 2.39. The van der Waals surface area contributed by atoms with Crippen LogP contribution in [0.4, 0.5) is 0 Å². The van der Waals surface area contributed by atoms with E-state index in [2.05, 4.69) is 18.5 Å². The zero-order valence-corrected chi connectivity index (χ0v) is 11.9. The van der Waals surface area contributed by atoms with Crippen LogP contribution in [-0.2, 0) is 9.47 Å². The fourth-order valence-electron chi connectivity index (χ4n) is 2.66. The average molecular weight is 259 g/mol. The predicted octanol–water partition coefficient (Wildman–Crippen LogP) is 2.40. The molecule has 2 rings (SSSR count). The van der Waals surface area contributed by atoms with Crippen LogP contribution in [0.5, 0.6) is 0 Å². The third-order valence-electron chi connectivity index (χ3n) is 3.95. The van der Waals surface area contributed by atoms with Crippen molar-refractivity contribution in [3.05, 3.63) is 0 Å². The van der Waals surface area contributed by atoms with E-state index in [0.29, 0.717) is 6.04 Å². The Morgan fingerprint density at radius 3 is 2.53 bits per heavy atom. The fourth-order valence-corrected chi connectivity index (χ4v) is 3.01. The molecule has 3 nitrogen and oxygen atoms in total. The van der Waals surface area contributed by atoms with Crippen LogP contribution in [0.3, 0.4) is 0 Å². The van der Waals surface area contributed by atoms with Gasteiger partial charge in [0.2, 0.25) is 0 Å². The number of hydrogen-bond donors (Lipinski definition) is 1. The first-order valence-corrected chi connectivity index (χ1v) is 8.07. The first-order chi connectivity index (χ1) is 8.24. The van der Waals surface area contributed by atoms with E-state index in [1.807, 2.05) is 11.8 Å². The molecule has 0 amide bonds. The van der Waals surface area contributed by atoms with E-state index in [0.717, 1.165) is 37.9 Å². The molecule has 1 aliphatic carbocycles. The Bertz CT molecular complexity index is 221. The van der Waals surface area contributed by atoms with E-state index >= 15 is 0 Å². The molecule has 1 heterocycles. The largest absolute Gasteiger partial charge is 0.348 e. The Hall–Kier alpha value is 0.230. The Balaban J connectivity index is 1.62. The van der Waals surface area contributed by atoms with Crippen LogP contribution < -0.4 is 5.32 Å². The van der Waals surface area contributed by atoms with E-state index in [1.54, 1.807) is 0 Å². The van der Waals surface area contributed by atoms with E-state index in [9.17, 15) is 0 Å². The maximum Gasteiger partial charge on any atom is 0.168 e. The molecular formula is C13H25NO2S. The molecule has 1 aliphatic heterocycles. The second-order valence-electron chi connectivity index (χ2n) is 5.17. The summed E-state index contributed by atoms with van der Waals surface area (Å²) in [5.41, 5.74) is 0. The van der Waals surface area contributed by atoms with Crippen LogP contribution in [0.25, 0.3) is 0 Å². The summed E-state index contributed by atoms with van der Waals surface area (Å²) in [6.07, 6.45) is 7.94. The molecular weight excluding hydrogens is 234 g/mol. The van der Waals surface area contributed by atoms with Gasteiger partial charge in [-0.05, 0) is 32.1 Å². The quantitative estimate of drug-likeness (QED) is 0.821. The van der Waals surface area contributed by atoms with Gasteiger partial charge in [0.15, 0.2) is 5.79 Å². The second kappa shape index (κ2) is 6.41. The SMILES string of the molecule is CSC(C)CCNC1CCC2(CC1)OCCO2. The van der Waals surface area contributed by atoms with Crippen molar-refractivity contribution >= 4 is 11.8 Å². The van der Waals surface area contributed by atoms with Crippen molar-refractivity contribution in [1.29, 1.82) is 0 Å². The molecule has 0 aromatic carbocycles. The molecule has 4 heteroatoms. The van der Waals surface area contributed by atoms with Crippen molar-refractivity contribution in [2.24, 2.45) is 0 Å². The standard InChI is InChI=1S/C13H25NO2S/c1-11(17-2)5-8-14-12-3-6-13(7-4-12)15-9-10-16-13/h11-12,14H,3-10H2,1-2H3. The summed E-state index contributed by atoms with van der Waals surface area (Å²) in [6, 6.07) is 0.669. The monoisotopic (exact) mass is 259 g/mol. The summed E-state index contributed by atoms with van der Waals surface area (Å²) in [5, 5.41) is 4.43. The lowest BCUT2D eigenvalue weighted by Gasteiger charge is -2.35. The van der Waals surface area contributed by atoms with Crippen molar-refractivity contribution < 1.29 is 9.47 Å². The van der Waals surface area contributed by atoms with E-state index in [4.69, 9.17) is 9.47 Å². The Kier molecular flexibility index (Phi) is 5.15. The van der Waals surface area contributed by atoms with Gasteiger partial charge in [0.25, 0.3) is 0 Å². The molecule has 1 saturated heterocycles. The third kappa shape index (κ3) is 3.85. The molecule has 1 spiro atoms. The molecule has 0 bridgehead atoms. The van der Waals surface area contributed by atoms with Crippen LogP contribution in [-0.4, -0.2) is 43.1 Å². The van der Waals surface area contributed by atoms with Gasteiger partial charge in [-0.2, -0.15) is 11.8 Å². The first kappa shape index (κ1) is 13.7. The van der Waals surface area contributed by atoms with Gasteiger partial charge >= 0.3 is 0 Å². The topological polar surface area (TPSA) is 30.5 Å². The van der Waals surface area contributed by atoms with E-state index in [1.165, 1.54) is 19.3 Å². The van der Waals surface area contributed by atoms with Crippen molar-refractivity contribution in [2.75, 3.05) is 26.0 Å². The molecule has 2 fully saturated rings. The maximum absolute atomic E-state index is 5.74. The number of ether oxygens (including phenoxy) is 2. The van der Waals surface area contributed by atoms with Crippen LogP contribution >= 0.6 is 11.8 Å². The zero-order valence-electron chi connectivity index (χ0n) is 11.0. The van der Waals surface area contributed by atoms with Crippen LogP contribution in [0.15, 0.2) is 0 Å². The van der Waals surface area contributed by atoms with Gasteiger partial charge in [0.05, 0.1) is 13.2 Å². The molecule has 1 atom stereocenters. The van der Waals surface area contributed by atoms with Gasteiger partial charge in [0, 0.05) is 24.1 Å². The first-order valence-electron chi connectivity index (χ1n) is 6.78. The van der Waals surface area contributed by atoms with E-state index in [-0.39, 0.29) is 5.79 Å². The predicted molar refractivity (Wildman–Crippen MR) is 72.5 cm³/mol. The van der Waals surface area contributed by atoms with Crippen molar-refractivity contribution in [3.63, 3.8) is 0 Å². The minimum Gasteiger partial charge on any atom is -0.348 e. The van der Waals surface area contributed by atoms with Gasteiger partial charge in [0.1, 0.15) is 0 Å². The summed E-state index contributed by atoms with van der Waals surface area (Å²) in [5.74, 6) is -0.204. The summed E-state index contributed by atoms with van der Waals surface area (Å²) < 4.78 is 11.5. The summed E-state index contributed by atoms with van der Waals surface area (Å²) in [4.78, 5) is 0. The Labute approximate surface area is 109 Å². The molecule has 100 valence electrons. The third-order valence-corrected chi connectivity index (χ3v) is 4.99. The van der Waals surface area contributed by atoms with Gasteiger partial charge in [-0.25, -0.2) is 0 Å². The van der Waals surface area contributed by atoms with Gasteiger partial charge < -0.3 is 14.8 Å². The molecule has 1 N–H and O–H groups in total. The lowest BCUT2D eigenvalue weighted by atomic mass is 9.90. The lowest BCUT2D eigenvalue weighted by molar-refractivity contribution is -0.179. The number of nitrogens with one attached hydrogen (secondary N) is 1. The fraction of sp³-hybridized carbons (Fsp3) is 1.00. The lowest BCUT2D eigenvalue weighted by Crippen LogP contribution is -2.42. The highest BCUT2D eigenvalue weighted by Crippen LogP contribution is 2.35. The number of rotatable bonds is 5. The Morgan fingerprint density at radius 2 is 1.94 bits per heavy atom. The average Bonchev–Trinajstić information content (AvgIpc) is 2.80.